The maximum Gasteiger partial charge on any atom is 0.331 e. The van der Waals surface area contributed by atoms with Crippen molar-refractivity contribution in [2.45, 2.75) is 13.3 Å². The quantitative estimate of drug-likeness (QED) is 0.267. The van der Waals surface area contributed by atoms with Gasteiger partial charge in [-0.25, -0.2) is 4.79 Å². The molecule has 0 radical (unpaired) electrons. The molecule has 1 aliphatic heterocycles. The van der Waals surface area contributed by atoms with Gasteiger partial charge in [-0.2, -0.15) is 0 Å². The fraction of sp³-hybridized carbons (Fsp3) is 0.429. The van der Waals surface area contributed by atoms with E-state index < -0.39 is 12.5 Å². The molecule has 1 saturated heterocycles. The zero-order valence-corrected chi connectivity index (χ0v) is 14.8. The van der Waals surface area contributed by atoms with E-state index in [0.29, 0.717) is 17.4 Å². The lowest BCUT2D eigenvalue weighted by atomic mass is 9.63. The molecular weight excluding hydrogens is 346 g/mol. The summed E-state index contributed by atoms with van der Waals surface area (Å²) in [5.41, 5.74) is 0.293. The molecular formula is C21H19NO5. The molecule has 0 unspecified atom stereocenters. The fourth-order valence-corrected chi connectivity index (χ4v) is 5.31. The molecule has 4 aliphatic carbocycles. The monoisotopic (exact) mass is 365 g/mol. The highest BCUT2D eigenvalue weighted by Crippen LogP contribution is 2.65. The Morgan fingerprint density at radius 2 is 1.63 bits per heavy atom. The molecule has 0 aromatic heterocycles. The van der Waals surface area contributed by atoms with Gasteiger partial charge in [0, 0.05) is 0 Å². The third-order valence-electron chi connectivity index (χ3n) is 6.53. The van der Waals surface area contributed by atoms with Crippen LogP contribution >= 0.6 is 0 Å². The largest absolute Gasteiger partial charge is 0.424 e. The summed E-state index contributed by atoms with van der Waals surface area (Å²) in [7, 11) is 0. The summed E-state index contributed by atoms with van der Waals surface area (Å²) in [5, 5.41) is 0. The Morgan fingerprint density at radius 3 is 2.22 bits per heavy atom. The van der Waals surface area contributed by atoms with Crippen LogP contribution in [0.15, 0.2) is 36.4 Å². The van der Waals surface area contributed by atoms with Gasteiger partial charge in [0.1, 0.15) is 12.3 Å². The van der Waals surface area contributed by atoms with Crippen molar-refractivity contribution in [2.24, 2.45) is 35.5 Å². The molecule has 0 N–H and O–H groups in total. The molecule has 138 valence electrons. The third kappa shape index (κ3) is 2.32. The van der Waals surface area contributed by atoms with Gasteiger partial charge in [-0.3, -0.25) is 19.3 Å². The molecule has 2 saturated carbocycles. The number of para-hydroxylation sites is 1. The highest BCUT2D eigenvalue weighted by molar-refractivity contribution is 6.08. The number of ketones is 1. The number of benzene rings is 1. The van der Waals surface area contributed by atoms with Gasteiger partial charge < -0.3 is 4.74 Å². The van der Waals surface area contributed by atoms with Crippen LogP contribution in [0.3, 0.4) is 0 Å². The first-order chi connectivity index (χ1) is 13.0. The maximum absolute atomic E-state index is 12.9. The van der Waals surface area contributed by atoms with E-state index in [1.807, 2.05) is 0 Å². The Morgan fingerprint density at radius 1 is 1.04 bits per heavy atom. The number of likely N-dealkylation sites (tertiary alicyclic amines) is 1. The fourth-order valence-electron chi connectivity index (χ4n) is 5.31. The van der Waals surface area contributed by atoms with Crippen LogP contribution in [0.25, 0.3) is 0 Å². The van der Waals surface area contributed by atoms with Crippen molar-refractivity contribution in [1.82, 2.24) is 4.90 Å². The molecule has 6 rings (SSSR count). The highest BCUT2D eigenvalue weighted by atomic mass is 16.5. The summed E-state index contributed by atoms with van der Waals surface area (Å²) in [4.78, 5) is 50.9. The molecule has 1 aromatic carbocycles. The second-order valence-corrected chi connectivity index (χ2v) is 7.94. The number of carbonyl (C=O) groups excluding carboxylic acids is 4. The summed E-state index contributed by atoms with van der Waals surface area (Å²) in [6, 6.07) is 6.44. The maximum atomic E-state index is 12.9. The molecule has 0 spiro atoms. The minimum atomic E-state index is -0.713. The van der Waals surface area contributed by atoms with E-state index in [0.717, 1.165) is 11.3 Å². The normalized spacial score (nSPS) is 35.1. The Labute approximate surface area is 156 Å². The van der Waals surface area contributed by atoms with E-state index in [1.54, 1.807) is 18.2 Å². The molecule has 6 heteroatoms. The second-order valence-electron chi connectivity index (χ2n) is 7.94. The van der Waals surface area contributed by atoms with Crippen LogP contribution in [0.5, 0.6) is 5.75 Å². The van der Waals surface area contributed by atoms with Crippen LogP contribution in [0, 0.1) is 35.5 Å². The lowest BCUT2D eigenvalue weighted by Crippen LogP contribution is -2.40. The summed E-state index contributed by atoms with van der Waals surface area (Å²) in [6.45, 7) is 0.977. The van der Waals surface area contributed by atoms with Crippen molar-refractivity contribution in [3.8, 4) is 5.75 Å². The van der Waals surface area contributed by atoms with Gasteiger partial charge in [-0.1, -0.05) is 24.3 Å². The number of imide groups is 1. The van der Waals surface area contributed by atoms with Crippen LogP contribution in [0.4, 0.5) is 0 Å². The standard InChI is InChI=1S/C21H19NO5/c1-10(23)11-4-2-3-5-16(11)27-17(24)9-22-20(25)18-12-6-7-13(15-8-14(12)15)19(18)21(22)26/h2-7,12-15,18-19H,8-9H2,1H3/t12-,13-,14-,15+,18-,19+/m1/s1. The number of nitrogens with zero attached hydrogens (tertiary/aromatic N) is 1. The number of hydrogen-bond donors (Lipinski definition) is 0. The number of Topliss-reactive ketones (excluding diaryl/α,β-unsaturated/α-hetero) is 1. The van der Waals surface area contributed by atoms with Crippen LogP contribution in [0.1, 0.15) is 23.7 Å². The summed E-state index contributed by atoms with van der Waals surface area (Å²) in [5.74, 6) is -0.662. The van der Waals surface area contributed by atoms with Gasteiger partial charge in [-0.05, 0) is 49.1 Å². The third-order valence-corrected chi connectivity index (χ3v) is 6.53. The van der Waals surface area contributed by atoms with E-state index in [2.05, 4.69) is 12.2 Å². The molecule has 2 amide bonds. The number of esters is 1. The molecule has 3 fully saturated rings. The smallest absolute Gasteiger partial charge is 0.331 e. The van der Waals surface area contributed by atoms with E-state index in [9.17, 15) is 19.2 Å². The minimum Gasteiger partial charge on any atom is -0.424 e. The molecule has 1 aromatic rings. The van der Waals surface area contributed by atoms with Crippen molar-refractivity contribution < 1.29 is 23.9 Å². The predicted octanol–water partition coefficient (Wildman–Crippen LogP) is 1.85. The first kappa shape index (κ1) is 16.4. The zero-order valence-electron chi connectivity index (χ0n) is 14.8. The summed E-state index contributed by atoms with van der Waals surface area (Å²) in [6.07, 6.45) is 5.28. The number of hydrogen-bond acceptors (Lipinski definition) is 5. The number of ether oxygens (including phenoxy) is 1. The molecule has 2 bridgehead atoms. The van der Waals surface area contributed by atoms with Gasteiger partial charge in [0.05, 0.1) is 17.4 Å². The van der Waals surface area contributed by atoms with Gasteiger partial charge in [0.25, 0.3) is 0 Å². The van der Waals surface area contributed by atoms with E-state index in [-0.39, 0.29) is 47.0 Å². The molecule has 27 heavy (non-hydrogen) atoms. The Balaban J connectivity index is 1.34. The number of amides is 2. The van der Waals surface area contributed by atoms with E-state index >= 15 is 0 Å². The van der Waals surface area contributed by atoms with Crippen molar-refractivity contribution in [2.75, 3.05) is 6.54 Å². The first-order valence-corrected chi connectivity index (χ1v) is 9.31. The van der Waals surface area contributed by atoms with Crippen LogP contribution < -0.4 is 4.74 Å². The average Bonchev–Trinajstić information content (AvgIpc) is 3.43. The topological polar surface area (TPSA) is 80.8 Å². The van der Waals surface area contributed by atoms with Crippen molar-refractivity contribution >= 4 is 23.6 Å². The SMILES string of the molecule is CC(=O)c1ccccc1OC(=O)CN1C(=O)[C@@H]2[C@@H]3C=C[C@H]([C@@H]4C[C@H]34)[C@@H]2C1=O. The minimum absolute atomic E-state index is 0.126. The van der Waals surface area contributed by atoms with Crippen LogP contribution in [0.2, 0.25) is 0 Å². The Kier molecular flexibility index (Phi) is 3.41. The van der Waals surface area contributed by atoms with Crippen LogP contribution in [-0.4, -0.2) is 35.0 Å². The molecule has 6 nitrogen and oxygen atoms in total. The predicted molar refractivity (Wildman–Crippen MR) is 93.5 cm³/mol. The zero-order chi connectivity index (χ0) is 18.9. The number of rotatable bonds is 4. The second kappa shape index (κ2) is 5.62. The summed E-state index contributed by atoms with van der Waals surface area (Å²) < 4.78 is 5.30. The summed E-state index contributed by atoms with van der Waals surface area (Å²) >= 11 is 0. The van der Waals surface area contributed by atoms with Crippen molar-refractivity contribution in [1.29, 1.82) is 0 Å². The lowest BCUT2D eigenvalue weighted by molar-refractivity contribution is -0.148. The van der Waals surface area contributed by atoms with E-state index in [1.165, 1.54) is 13.0 Å². The average molecular weight is 365 g/mol. The van der Waals surface area contributed by atoms with Gasteiger partial charge in [0.15, 0.2) is 5.78 Å². The lowest BCUT2D eigenvalue weighted by Gasteiger charge is -2.37. The van der Waals surface area contributed by atoms with Gasteiger partial charge in [-0.15, -0.1) is 0 Å². The molecule has 5 aliphatic rings. The van der Waals surface area contributed by atoms with Gasteiger partial charge in [0.2, 0.25) is 11.8 Å². The molecule has 6 atom stereocenters. The highest BCUT2D eigenvalue weighted by Gasteiger charge is 2.67. The van der Waals surface area contributed by atoms with Crippen molar-refractivity contribution in [3.63, 3.8) is 0 Å². The van der Waals surface area contributed by atoms with Crippen LogP contribution in [-0.2, 0) is 14.4 Å². The first-order valence-electron chi connectivity index (χ1n) is 9.31. The van der Waals surface area contributed by atoms with Gasteiger partial charge >= 0.3 is 5.97 Å². The number of allylic oxidation sites excluding steroid dienone is 2. The van der Waals surface area contributed by atoms with E-state index in [4.69, 9.17) is 4.74 Å². The molecule has 1 heterocycles. The van der Waals surface area contributed by atoms with Crippen molar-refractivity contribution in [3.05, 3.63) is 42.0 Å². The number of carbonyl (C=O) groups is 4. The Bertz CT molecular complexity index is 883. The Hall–Kier alpha value is -2.76.